The maximum absolute atomic E-state index is 11.7. The van der Waals surface area contributed by atoms with E-state index in [2.05, 4.69) is 38.3 Å². The highest BCUT2D eigenvalue weighted by Crippen LogP contribution is 2.44. The number of nitrogens with two attached hydrogens (primary N) is 1. The first kappa shape index (κ1) is 25.0. The first-order valence-corrected chi connectivity index (χ1v) is 14.1. The number of hydrogen-bond acceptors (Lipinski definition) is 9. The monoisotopic (exact) mass is 529 g/mol. The Hall–Kier alpha value is -3.34. The van der Waals surface area contributed by atoms with E-state index >= 15 is 0 Å². The molecular formula is C28H31N7O2S. The number of piperidine rings is 1. The number of aliphatic hydroxyl groups is 1. The molecule has 0 spiro atoms. The zero-order valence-corrected chi connectivity index (χ0v) is 22.0. The molecular weight excluding hydrogens is 498 g/mol. The van der Waals surface area contributed by atoms with Gasteiger partial charge in [-0.1, -0.05) is 17.4 Å². The van der Waals surface area contributed by atoms with Crippen molar-refractivity contribution in [2.75, 3.05) is 19.6 Å². The first-order valence-electron chi connectivity index (χ1n) is 13.3. The van der Waals surface area contributed by atoms with E-state index in [4.69, 9.17) is 15.7 Å². The van der Waals surface area contributed by atoms with E-state index in [0.717, 1.165) is 85.5 Å². The molecule has 2 atom stereocenters. The molecule has 0 bridgehead atoms. The van der Waals surface area contributed by atoms with Gasteiger partial charge in [-0.25, -0.2) is 9.97 Å². The fraction of sp³-hybridized carbons (Fsp3) is 0.429. The zero-order valence-electron chi connectivity index (χ0n) is 21.2. The second-order valence-electron chi connectivity index (χ2n) is 10.3. The third-order valence-electron chi connectivity index (χ3n) is 7.91. The third kappa shape index (κ3) is 5.16. The maximum Gasteiger partial charge on any atom is 0.277 e. The molecule has 10 heteroatoms. The standard InChI is InChI=1S/C28H31N7O2S/c29-26(37)28-33-24-14-17-2-1-3-22(25(17)34-27(24)38-28)21(9-13-35-11-7-20(36)8-12-35)18-4-5-23(30-15-18)19-6-10-31-32-16-19/h4-6,10,14-16,20-22,36H,1-3,7-9,11-13H2,(H2,29,37)/t21-,22?/m0/s1. The third-order valence-corrected chi connectivity index (χ3v) is 8.89. The average Bonchev–Trinajstić information content (AvgIpc) is 3.37. The van der Waals surface area contributed by atoms with Gasteiger partial charge in [-0.15, -0.1) is 0 Å². The van der Waals surface area contributed by atoms with E-state index in [0.29, 0.717) is 5.01 Å². The van der Waals surface area contributed by atoms with Crippen molar-refractivity contribution in [1.29, 1.82) is 0 Å². The number of rotatable bonds is 7. The van der Waals surface area contributed by atoms with Gasteiger partial charge in [-0.2, -0.15) is 10.2 Å². The van der Waals surface area contributed by atoms with Crippen LogP contribution in [0.2, 0.25) is 0 Å². The molecule has 1 fully saturated rings. The summed E-state index contributed by atoms with van der Waals surface area (Å²) in [5.74, 6) is -0.0259. The Labute approximate surface area is 225 Å². The Morgan fingerprint density at radius 2 is 2.00 bits per heavy atom. The van der Waals surface area contributed by atoms with Gasteiger partial charge in [0.25, 0.3) is 5.91 Å². The molecule has 0 radical (unpaired) electrons. The number of thiazole rings is 1. The van der Waals surface area contributed by atoms with Crippen LogP contribution < -0.4 is 5.73 Å². The van der Waals surface area contributed by atoms with Crippen molar-refractivity contribution in [2.45, 2.75) is 56.5 Å². The van der Waals surface area contributed by atoms with E-state index in [1.165, 1.54) is 22.5 Å². The summed E-state index contributed by atoms with van der Waals surface area (Å²) < 4.78 is 0. The van der Waals surface area contributed by atoms with E-state index in [-0.39, 0.29) is 17.9 Å². The molecule has 1 saturated heterocycles. The minimum atomic E-state index is -0.511. The number of carbonyl (C=O) groups is 1. The molecule has 0 aromatic carbocycles. The summed E-state index contributed by atoms with van der Waals surface area (Å²) in [5, 5.41) is 18.1. The quantitative estimate of drug-likeness (QED) is 0.371. The van der Waals surface area contributed by atoms with Crippen LogP contribution in [-0.2, 0) is 6.42 Å². The number of pyridine rings is 2. The molecule has 2 aliphatic rings. The van der Waals surface area contributed by atoms with E-state index in [1.807, 2.05) is 12.3 Å². The highest BCUT2D eigenvalue weighted by Gasteiger charge is 2.32. The highest BCUT2D eigenvalue weighted by atomic mass is 32.1. The summed E-state index contributed by atoms with van der Waals surface area (Å²) in [6.07, 6.45) is 11.0. The van der Waals surface area contributed by atoms with Gasteiger partial charge in [-0.3, -0.25) is 9.78 Å². The van der Waals surface area contributed by atoms with Crippen molar-refractivity contribution in [3.05, 3.63) is 64.7 Å². The van der Waals surface area contributed by atoms with Crippen LogP contribution in [0.15, 0.2) is 42.9 Å². The molecule has 6 rings (SSSR count). The Kier molecular flexibility index (Phi) is 7.10. The number of primary amides is 1. The molecule has 38 heavy (non-hydrogen) atoms. The molecule has 4 aromatic rings. The van der Waals surface area contributed by atoms with Gasteiger partial charge in [0.15, 0.2) is 5.01 Å². The fourth-order valence-corrected chi connectivity index (χ4v) is 6.67. The topological polar surface area (TPSA) is 131 Å². The first-order chi connectivity index (χ1) is 18.5. The summed E-state index contributed by atoms with van der Waals surface area (Å²) in [4.78, 5) is 29.3. The number of amides is 1. The summed E-state index contributed by atoms with van der Waals surface area (Å²) in [6, 6.07) is 8.28. The van der Waals surface area contributed by atoms with E-state index < -0.39 is 5.91 Å². The van der Waals surface area contributed by atoms with Crippen molar-refractivity contribution in [2.24, 2.45) is 5.73 Å². The summed E-state index contributed by atoms with van der Waals surface area (Å²) in [7, 11) is 0. The van der Waals surface area contributed by atoms with Crippen molar-refractivity contribution in [3.63, 3.8) is 0 Å². The van der Waals surface area contributed by atoms with Crippen molar-refractivity contribution in [1.82, 2.24) is 30.0 Å². The number of aromatic nitrogens is 5. The Morgan fingerprint density at radius 3 is 2.74 bits per heavy atom. The number of likely N-dealkylation sites (tertiary alicyclic amines) is 1. The van der Waals surface area contributed by atoms with E-state index in [1.54, 1.807) is 12.4 Å². The minimum absolute atomic E-state index is 0.178. The SMILES string of the molecule is NC(=O)c1nc2cc3c(nc2s1)C([C@@H](CCN1CCC(O)CC1)c1ccc(-c2ccnnc2)nc1)CCC3. The minimum Gasteiger partial charge on any atom is -0.393 e. The normalized spacial score (nSPS) is 19.3. The van der Waals surface area contributed by atoms with Gasteiger partial charge in [0, 0.05) is 36.5 Å². The lowest BCUT2D eigenvalue weighted by atomic mass is 9.74. The number of nitrogens with zero attached hydrogens (tertiary/aromatic N) is 6. The average molecular weight is 530 g/mol. The van der Waals surface area contributed by atoms with Crippen LogP contribution in [0.25, 0.3) is 21.6 Å². The van der Waals surface area contributed by atoms with E-state index in [9.17, 15) is 9.90 Å². The highest BCUT2D eigenvalue weighted by molar-refractivity contribution is 7.19. The van der Waals surface area contributed by atoms with Gasteiger partial charge in [0.2, 0.25) is 0 Å². The molecule has 1 unspecified atom stereocenters. The number of aliphatic hydroxyl groups excluding tert-OH is 1. The largest absolute Gasteiger partial charge is 0.393 e. The van der Waals surface area contributed by atoms with Gasteiger partial charge in [-0.05, 0) is 80.3 Å². The smallest absolute Gasteiger partial charge is 0.277 e. The lowest BCUT2D eigenvalue weighted by molar-refractivity contribution is 0.0805. The molecule has 4 aromatic heterocycles. The number of fused-ring (bicyclic) bond motifs is 2. The molecule has 1 aliphatic heterocycles. The van der Waals surface area contributed by atoms with Crippen LogP contribution in [0, 0.1) is 0 Å². The Bertz CT molecular complexity index is 1420. The molecule has 3 N–H and O–H groups in total. The van der Waals surface area contributed by atoms with Gasteiger partial charge in [0.05, 0.1) is 24.2 Å². The van der Waals surface area contributed by atoms with Crippen LogP contribution >= 0.6 is 11.3 Å². The van der Waals surface area contributed by atoms with Crippen LogP contribution in [0.3, 0.4) is 0 Å². The lowest BCUT2D eigenvalue weighted by Gasteiger charge is -2.35. The predicted molar refractivity (Wildman–Crippen MR) is 146 cm³/mol. The van der Waals surface area contributed by atoms with Crippen molar-refractivity contribution in [3.8, 4) is 11.3 Å². The molecule has 1 aliphatic carbocycles. The molecule has 9 nitrogen and oxygen atoms in total. The fourth-order valence-electron chi connectivity index (χ4n) is 5.89. The summed E-state index contributed by atoms with van der Waals surface area (Å²) in [5.41, 5.74) is 11.6. The number of aryl methyl sites for hydroxylation is 1. The number of hydrogen-bond donors (Lipinski definition) is 2. The van der Waals surface area contributed by atoms with Gasteiger partial charge >= 0.3 is 0 Å². The van der Waals surface area contributed by atoms with Crippen molar-refractivity contribution >= 4 is 27.6 Å². The molecule has 196 valence electrons. The maximum atomic E-state index is 11.7. The second kappa shape index (κ2) is 10.8. The summed E-state index contributed by atoms with van der Waals surface area (Å²) >= 11 is 1.27. The predicted octanol–water partition coefficient (Wildman–Crippen LogP) is 3.69. The number of carbonyl (C=O) groups excluding carboxylic acids is 1. The molecule has 5 heterocycles. The van der Waals surface area contributed by atoms with Crippen LogP contribution in [0.4, 0.5) is 0 Å². The van der Waals surface area contributed by atoms with Crippen LogP contribution in [0.1, 0.15) is 70.6 Å². The van der Waals surface area contributed by atoms with Crippen molar-refractivity contribution < 1.29 is 9.90 Å². The zero-order chi connectivity index (χ0) is 26.1. The Morgan fingerprint density at radius 1 is 1.13 bits per heavy atom. The van der Waals surface area contributed by atoms with Gasteiger partial charge in [0.1, 0.15) is 10.3 Å². The van der Waals surface area contributed by atoms with Crippen LogP contribution in [-0.4, -0.2) is 66.8 Å². The second-order valence-corrected chi connectivity index (χ2v) is 11.3. The van der Waals surface area contributed by atoms with Crippen LogP contribution in [0.5, 0.6) is 0 Å². The lowest BCUT2D eigenvalue weighted by Crippen LogP contribution is -2.37. The summed E-state index contributed by atoms with van der Waals surface area (Å²) in [6.45, 7) is 2.82. The van der Waals surface area contributed by atoms with Gasteiger partial charge < -0.3 is 15.7 Å². The molecule has 1 amide bonds. The molecule has 0 saturated carbocycles. The Balaban J connectivity index is 1.34.